The van der Waals surface area contributed by atoms with Crippen LogP contribution >= 0.6 is 11.8 Å². The van der Waals surface area contributed by atoms with Crippen molar-refractivity contribution in [2.75, 3.05) is 11.5 Å². The smallest absolute Gasteiger partial charge is 0.0187 e. The second kappa shape index (κ2) is 5.01. The van der Waals surface area contributed by atoms with E-state index < -0.39 is 0 Å². The van der Waals surface area contributed by atoms with Crippen molar-refractivity contribution >= 4 is 11.8 Å². The summed E-state index contributed by atoms with van der Waals surface area (Å²) in [6, 6.07) is 0.467. The van der Waals surface area contributed by atoms with E-state index in [-0.39, 0.29) is 0 Å². The number of hydrogen-bond acceptors (Lipinski definition) is 2. The lowest BCUT2D eigenvalue weighted by molar-refractivity contribution is -0.0629. The van der Waals surface area contributed by atoms with Crippen molar-refractivity contribution in [3.05, 3.63) is 0 Å². The Kier molecular flexibility index (Phi) is 3.70. The normalized spacial score (nSPS) is 43.7. The van der Waals surface area contributed by atoms with Crippen molar-refractivity contribution in [1.82, 2.24) is 0 Å². The molecule has 0 amide bonds. The summed E-state index contributed by atoms with van der Waals surface area (Å²) in [6.45, 7) is 4.62. The van der Waals surface area contributed by atoms with Crippen molar-refractivity contribution in [1.29, 1.82) is 0 Å². The molecule has 1 unspecified atom stereocenters. The van der Waals surface area contributed by atoms with Crippen molar-refractivity contribution in [2.45, 2.75) is 58.4 Å². The molecule has 1 atom stereocenters. The highest BCUT2D eigenvalue weighted by Crippen LogP contribution is 2.61. The molecule has 2 heteroatoms. The van der Waals surface area contributed by atoms with E-state index in [9.17, 15) is 0 Å². The van der Waals surface area contributed by atoms with Crippen molar-refractivity contribution < 1.29 is 0 Å². The molecule has 1 nitrogen and oxygen atoms in total. The van der Waals surface area contributed by atoms with E-state index in [1.165, 1.54) is 50.0 Å². The van der Waals surface area contributed by atoms with Crippen LogP contribution in [0.4, 0.5) is 0 Å². The van der Waals surface area contributed by atoms with Crippen LogP contribution in [-0.4, -0.2) is 17.5 Å². The fraction of sp³-hybridized carbons (Fsp3) is 1.00. The van der Waals surface area contributed by atoms with Crippen molar-refractivity contribution in [3.8, 4) is 0 Å². The van der Waals surface area contributed by atoms with Crippen LogP contribution in [0.3, 0.4) is 0 Å². The average Bonchev–Trinajstić information content (AvgIpc) is 2.26. The molecule has 4 rings (SSSR count). The predicted octanol–water partition coefficient (Wildman–Crippen LogP) is 3.92. The van der Waals surface area contributed by atoms with Crippen LogP contribution in [0.15, 0.2) is 0 Å². The van der Waals surface area contributed by atoms with Gasteiger partial charge in [-0.1, -0.05) is 13.8 Å². The summed E-state index contributed by atoms with van der Waals surface area (Å²) in [5.41, 5.74) is 7.19. The Labute approximate surface area is 117 Å². The van der Waals surface area contributed by atoms with Crippen LogP contribution in [0, 0.1) is 29.1 Å². The van der Waals surface area contributed by atoms with Gasteiger partial charge < -0.3 is 5.73 Å². The maximum Gasteiger partial charge on any atom is 0.0187 e. The Morgan fingerprint density at radius 3 is 1.94 bits per heavy atom. The molecule has 2 N–H and O–H groups in total. The van der Waals surface area contributed by atoms with Crippen LogP contribution < -0.4 is 5.73 Å². The van der Waals surface area contributed by atoms with Gasteiger partial charge in [-0.15, -0.1) is 0 Å². The lowest BCUT2D eigenvalue weighted by Gasteiger charge is -2.59. The molecular weight excluding hydrogens is 238 g/mol. The molecule has 0 aromatic carbocycles. The van der Waals surface area contributed by atoms with Crippen LogP contribution in [0.25, 0.3) is 0 Å². The molecule has 18 heavy (non-hydrogen) atoms. The van der Waals surface area contributed by atoms with Gasteiger partial charge in [-0.25, -0.2) is 0 Å². The molecule has 0 aromatic heterocycles. The largest absolute Gasteiger partial charge is 0.326 e. The molecule has 0 aliphatic heterocycles. The Bertz CT molecular complexity index is 264. The third-order valence-corrected chi connectivity index (χ3v) is 7.12. The molecule has 0 aromatic rings. The van der Waals surface area contributed by atoms with Crippen LogP contribution in [0.1, 0.15) is 52.4 Å². The van der Waals surface area contributed by atoms with Crippen molar-refractivity contribution in [2.24, 2.45) is 34.8 Å². The maximum absolute atomic E-state index is 6.64. The Morgan fingerprint density at radius 1 is 1.00 bits per heavy atom. The highest BCUT2D eigenvalue weighted by Gasteiger charge is 2.53. The molecule has 4 bridgehead atoms. The number of hydrogen-bond donors (Lipinski definition) is 1. The first-order chi connectivity index (χ1) is 8.57. The van der Waals surface area contributed by atoms with Gasteiger partial charge in [0.05, 0.1) is 0 Å². The third kappa shape index (κ3) is 2.47. The SMILES string of the molecule is CC(C)CSCC(N)C12CC3CC(CC(C3)C1)C2. The Balaban J connectivity index is 1.60. The van der Waals surface area contributed by atoms with Crippen molar-refractivity contribution in [3.63, 3.8) is 0 Å². The summed E-state index contributed by atoms with van der Waals surface area (Å²) < 4.78 is 0. The van der Waals surface area contributed by atoms with E-state index in [0.29, 0.717) is 11.5 Å². The van der Waals surface area contributed by atoms with Gasteiger partial charge in [0.25, 0.3) is 0 Å². The summed E-state index contributed by atoms with van der Waals surface area (Å²) in [4.78, 5) is 0. The molecule has 4 saturated carbocycles. The van der Waals surface area contributed by atoms with E-state index in [0.717, 1.165) is 23.7 Å². The van der Waals surface area contributed by atoms with Gasteiger partial charge in [0.2, 0.25) is 0 Å². The predicted molar refractivity (Wildman–Crippen MR) is 80.7 cm³/mol. The molecule has 4 fully saturated rings. The number of nitrogens with two attached hydrogens (primary N) is 1. The minimum atomic E-state index is 0.467. The minimum Gasteiger partial charge on any atom is -0.326 e. The van der Waals surface area contributed by atoms with Crippen LogP contribution in [0.5, 0.6) is 0 Å². The summed E-state index contributed by atoms with van der Waals surface area (Å²) in [5.74, 6) is 6.40. The number of thioether (sulfide) groups is 1. The summed E-state index contributed by atoms with van der Waals surface area (Å²) in [7, 11) is 0. The first-order valence-corrected chi connectivity index (χ1v) is 9.06. The zero-order valence-electron chi connectivity index (χ0n) is 12.0. The van der Waals surface area contributed by atoms with E-state index in [4.69, 9.17) is 5.73 Å². The first-order valence-electron chi connectivity index (χ1n) is 7.91. The summed E-state index contributed by atoms with van der Waals surface area (Å²) in [5, 5.41) is 0. The van der Waals surface area contributed by atoms with Gasteiger partial charge in [0, 0.05) is 11.8 Å². The first kappa shape index (κ1) is 13.3. The third-order valence-electron chi connectivity index (χ3n) is 5.62. The summed E-state index contributed by atoms with van der Waals surface area (Å²) >= 11 is 2.09. The maximum atomic E-state index is 6.64. The van der Waals surface area contributed by atoms with E-state index in [1.807, 2.05) is 0 Å². The van der Waals surface area contributed by atoms with Crippen LogP contribution in [-0.2, 0) is 0 Å². The molecule has 0 saturated heterocycles. The second-order valence-electron chi connectivity index (χ2n) is 7.82. The quantitative estimate of drug-likeness (QED) is 0.817. The highest BCUT2D eigenvalue weighted by molar-refractivity contribution is 7.99. The topological polar surface area (TPSA) is 26.0 Å². The van der Waals surface area contributed by atoms with E-state index in [2.05, 4.69) is 25.6 Å². The Morgan fingerprint density at radius 2 is 1.50 bits per heavy atom. The van der Waals surface area contributed by atoms with Gasteiger partial charge in [-0.05, 0) is 73.4 Å². The zero-order valence-corrected chi connectivity index (χ0v) is 12.8. The zero-order chi connectivity index (χ0) is 12.8. The van der Waals surface area contributed by atoms with Gasteiger partial charge in [0.1, 0.15) is 0 Å². The second-order valence-corrected chi connectivity index (χ2v) is 8.89. The standard InChI is InChI=1S/C16H29NS/c1-11(2)9-18-10-15(17)16-6-12-3-13(7-16)5-14(4-12)8-16/h11-15H,3-10,17H2,1-2H3. The molecule has 0 radical (unpaired) electrons. The van der Waals surface area contributed by atoms with E-state index in [1.54, 1.807) is 0 Å². The lowest BCUT2D eigenvalue weighted by Crippen LogP contribution is -2.55. The summed E-state index contributed by atoms with van der Waals surface area (Å²) in [6.07, 6.45) is 8.98. The van der Waals surface area contributed by atoms with Gasteiger partial charge in [-0.2, -0.15) is 11.8 Å². The van der Waals surface area contributed by atoms with Gasteiger partial charge in [-0.3, -0.25) is 0 Å². The van der Waals surface area contributed by atoms with Gasteiger partial charge >= 0.3 is 0 Å². The fourth-order valence-electron chi connectivity index (χ4n) is 5.24. The fourth-order valence-corrected chi connectivity index (χ4v) is 6.45. The van der Waals surface area contributed by atoms with E-state index >= 15 is 0 Å². The molecular formula is C16H29NS. The monoisotopic (exact) mass is 267 g/mol. The average molecular weight is 267 g/mol. The Hall–Kier alpha value is 0.310. The van der Waals surface area contributed by atoms with Crippen LogP contribution in [0.2, 0.25) is 0 Å². The lowest BCUT2D eigenvalue weighted by atomic mass is 9.48. The number of rotatable bonds is 5. The van der Waals surface area contributed by atoms with Gasteiger partial charge in [0.15, 0.2) is 0 Å². The highest BCUT2D eigenvalue weighted by atomic mass is 32.2. The minimum absolute atomic E-state index is 0.467. The molecule has 104 valence electrons. The molecule has 4 aliphatic carbocycles. The molecule has 0 spiro atoms. The molecule has 4 aliphatic rings. The molecule has 0 heterocycles.